The van der Waals surface area contributed by atoms with Crippen molar-refractivity contribution in [1.82, 2.24) is 0 Å². The van der Waals surface area contributed by atoms with E-state index < -0.39 is 32.3 Å². The van der Waals surface area contributed by atoms with E-state index in [2.05, 4.69) is 125 Å². The molecular formula is C39H44Br2ClIMgO. The third-order valence-corrected chi connectivity index (χ3v) is 10.6. The number of ketones is 1. The van der Waals surface area contributed by atoms with Gasteiger partial charge in [-0.2, -0.15) is 13.8 Å². The van der Waals surface area contributed by atoms with Gasteiger partial charge in [0.15, 0.2) is 0 Å². The van der Waals surface area contributed by atoms with Gasteiger partial charge >= 0.3 is 23.1 Å². The zero-order valence-corrected chi connectivity index (χ0v) is 34.2. The topological polar surface area (TPSA) is 17.1 Å². The van der Waals surface area contributed by atoms with Crippen LogP contribution in [0.5, 0.6) is 0 Å². The Morgan fingerprint density at radius 3 is 1.58 bits per heavy atom. The van der Waals surface area contributed by atoms with Gasteiger partial charge in [0.2, 0.25) is 0 Å². The van der Waals surface area contributed by atoms with Crippen LogP contribution >= 0.6 is 54.5 Å². The first-order chi connectivity index (χ1) is 23.7. The van der Waals surface area contributed by atoms with Crippen LogP contribution < -0.4 is 12.4 Å². The number of fused-ring (bicyclic) bond motifs is 6. The summed E-state index contributed by atoms with van der Waals surface area (Å²) in [5, 5.41) is 0. The summed E-state index contributed by atoms with van der Waals surface area (Å²) < 4.78 is 68.6. The van der Waals surface area contributed by atoms with E-state index in [-0.39, 0.29) is 46.3 Å². The van der Waals surface area contributed by atoms with E-state index in [4.69, 9.17) is 12.3 Å². The van der Waals surface area contributed by atoms with Crippen molar-refractivity contribution >= 4 is 83.3 Å². The van der Waals surface area contributed by atoms with Crippen molar-refractivity contribution in [2.45, 2.75) is 85.8 Å². The van der Waals surface area contributed by atoms with E-state index in [0.29, 0.717) is 10.0 Å². The quantitative estimate of drug-likeness (QED) is 0.106. The monoisotopic (exact) mass is 881 g/mol. The zero-order chi connectivity index (χ0) is 39.8. The van der Waals surface area contributed by atoms with Crippen molar-refractivity contribution < 1.29 is 29.5 Å². The molecule has 0 fully saturated rings. The fraction of sp³-hybridized carbons (Fsp3) is 0.333. The first-order valence-electron chi connectivity index (χ1n) is 18.5. The van der Waals surface area contributed by atoms with Gasteiger partial charge in [-0.1, -0.05) is 112 Å². The molecule has 0 amide bonds. The molecular weight excluding hydrogens is 831 g/mol. The Labute approximate surface area is 337 Å². The van der Waals surface area contributed by atoms with E-state index in [1.165, 1.54) is 30.3 Å². The predicted molar refractivity (Wildman–Crippen MR) is 208 cm³/mol. The number of hydrogen-bond donors (Lipinski definition) is 0. The van der Waals surface area contributed by atoms with Crippen LogP contribution in [0.25, 0.3) is 22.3 Å². The first kappa shape index (κ1) is 29.2. The minimum Gasteiger partial charge on any atom is -1.00 e. The van der Waals surface area contributed by atoms with E-state index in [1.54, 1.807) is 6.07 Å². The van der Waals surface area contributed by atoms with Crippen molar-refractivity contribution in [3.63, 3.8) is 0 Å². The maximum absolute atomic E-state index is 9.90. The number of hydrogen-bond acceptors (Lipinski definition) is 1. The summed E-state index contributed by atoms with van der Waals surface area (Å²) in [5.74, 6) is -2.29. The molecule has 4 aromatic rings. The van der Waals surface area contributed by atoms with Gasteiger partial charge in [-0.3, -0.25) is 0 Å². The molecule has 0 N–H and O–H groups in total. The molecule has 2 aliphatic carbocycles. The van der Waals surface area contributed by atoms with Gasteiger partial charge in [0.05, 0.1) is 0 Å². The SMILES string of the molecule is CC1(C)c2ccccc2-c2cc(Br)c(I)cc21.C[CH-]C.[2H]C([2H])([2H])C(C)=O.[2H]C([2H])([2H])C(c1cc2c(cc1Br)-c1ccccc1C2(C)C)C([2H])([2H])[2H].[Cl-].[Mg+2]. The molecule has 0 heterocycles. The second-order valence-electron chi connectivity index (χ2n) is 11.6. The maximum atomic E-state index is 9.90. The number of benzene rings is 4. The summed E-state index contributed by atoms with van der Waals surface area (Å²) in [6.45, 7) is 6.20. The second-order valence-corrected chi connectivity index (χ2v) is 14.5. The number of rotatable bonds is 1. The molecule has 0 radical (unpaired) electrons. The second kappa shape index (κ2) is 17.6. The molecule has 0 spiro atoms. The van der Waals surface area contributed by atoms with E-state index in [0.717, 1.165) is 29.2 Å². The average Bonchev–Trinajstić information content (AvgIpc) is 3.36. The third kappa shape index (κ3) is 9.26. The zero-order valence-electron chi connectivity index (χ0n) is 35.7. The van der Waals surface area contributed by atoms with Crippen LogP contribution in [0.4, 0.5) is 0 Å². The van der Waals surface area contributed by atoms with Crippen molar-refractivity contribution in [3.05, 3.63) is 120 Å². The largest absolute Gasteiger partial charge is 2.00 e. The summed E-state index contributed by atoms with van der Waals surface area (Å²) in [6, 6.07) is 25.0. The molecule has 1 nitrogen and oxygen atoms in total. The van der Waals surface area contributed by atoms with Crippen molar-refractivity contribution in [1.29, 1.82) is 0 Å². The van der Waals surface area contributed by atoms with Crippen molar-refractivity contribution in [3.8, 4) is 22.3 Å². The van der Waals surface area contributed by atoms with E-state index in [9.17, 15) is 4.79 Å². The number of carbonyl (C=O) groups excluding carboxylic acids is 1. The Bertz CT molecular complexity index is 1930. The Morgan fingerprint density at radius 2 is 1.16 bits per heavy atom. The van der Waals surface area contributed by atoms with E-state index >= 15 is 0 Å². The molecule has 0 bridgehead atoms. The standard InChI is InChI=1S/C18H19Br.C15H12BrI.C3H6O.C3H7.ClH.Mg/c1-11(2)13-9-16-14(10-17(13)19)12-7-5-6-8-15(12)18(16,3)4;1-15(2)11-6-4-3-5-9(11)10-7-13(16)14(17)8-12(10)15;1-3(2)4;1-3-2;;/h5-11H,1-4H3;3-8H,1-2H3;1-2H3;3H,1-2H3;1H;/q;;;-1;;+2/p-1/i1D3,2D3;;1D3;;;. The van der Waals surface area contributed by atoms with Crippen molar-refractivity contribution in [2.24, 2.45) is 0 Å². The van der Waals surface area contributed by atoms with Crippen molar-refractivity contribution in [2.75, 3.05) is 0 Å². The third-order valence-electron chi connectivity index (χ3n) is 7.64. The van der Waals surface area contributed by atoms with Crippen LogP contribution in [0.3, 0.4) is 0 Å². The van der Waals surface area contributed by atoms with Crippen LogP contribution in [-0.2, 0) is 15.6 Å². The Morgan fingerprint density at radius 1 is 0.756 bits per heavy atom. The normalized spacial score (nSPS) is 17.2. The number of Topliss-reactive ketones (excluding diaryl/α,β-unsaturated/α-hetero) is 1. The Kier molecular flexibility index (Phi) is 11.4. The first-order valence-corrected chi connectivity index (χ1v) is 16.7. The van der Waals surface area contributed by atoms with Gasteiger partial charge in [0.1, 0.15) is 5.78 Å². The van der Waals surface area contributed by atoms with Gasteiger partial charge in [0.25, 0.3) is 0 Å². The molecule has 0 saturated heterocycles. The van der Waals surface area contributed by atoms with Gasteiger partial charge in [-0.05, 0) is 126 Å². The molecule has 6 rings (SSSR count). The summed E-state index contributed by atoms with van der Waals surface area (Å²) >= 11 is 9.44. The predicted octanol–water partition coefficient (Wildman–Crippen LogP) is 9.69. The summed E-state index contributed by atoms with van der Waals surface area (Å²) in [4.78, 5) is 9.90. The van der Waals surface area contributed by atoms with E-state index in [1.807, 2.05) is 44.5 Å². The van der Waals surface area contributed by atoms with Crippen LogP contribution in [0.15, 0.2) is 81.7 Å². The summed E-state index contributed by atoms with van der Waals surface area (Å²) in [6.07, 6.45) is 2.00. The molecule has 0 atom stereocenters. The van der Waals surface area contributed by atoms with Crippen LogP contribution in [0.1, 0.15) is 115 Å². The number of carbonyl (C=O) groups is 1. The molecule has 2 aliphatic rings. The van der Waals surface area contributed by atoms with Crippen LogP contribution in [-0.4, -0.2) is 28.8 Å². The molecule has 0 saturated carbocycles. The minimum atomic E-state index is -2.61. The maximum Gasteiger partial charge on any atom is 2.00 e. The van der Waals surface area contributed by atoms with Crippen LogP contribution in [0.2, 0.25) is 0 Å². The molecule has 236 valence electrons. The fourth-order valence-corrected chi connectivity index (χ4v) is 7.04. The molecule has 4 aromatic carbocycles. The van der Waals surface area contributed by atoms with Gasteiger partial charge in [-0.15, -0.1) is 0 Å². The molecule has 0 aromatic heterocycles. The van der Waals surface area contributed by atoms with Gasteiger partial charge < -0.3 is 23.6 Å². The Balaban J connectivity index is 0.000000435. The van der Waals surface area contributed by atoms with Crippen LogP contribution in [0, 0.1) is 9.99 Å². The fourth-order valence-electron chi connectivity index (χ4n) is 5.65. The molecule has 6 heteroatoms. The van der Waals surface area contributed by atoms with Gasteiger partial charge in [-0.25, -0.2) is 0 Å². The molecule has 0 unspecified atom stereocenters. The molecule has 0 aliphatic heterocycles. The summed E-state index contributed by atoms with van der Waals surface area (Å²) in [5.41, 5.74) is 10.00. The minimum absolute atomic E-state index is 0. The number of halogens is 4. The average molecular weight is 884 g/mol. The van der Waals surface area contributed by atoms with Gasteiger partial charge in [0, 0.05) is 35.7 Å². The Hall–Kier alpha value is -0.704. The molecule has 45 heavy (non-hydrogen) atoms. The smallest absolute Gasteiger partial charge is 1.00 e. The summed E-state index contributed by atoms with van der Waals surface area (Å²) in [7, 11) is 0.